The van der Waals surface area contributed by atoms with Crippen molar-refractivity contribution < 1.29 is 23.0 Å². The molecule has 0 aromatic heterocycles. The summed E-state index contributed by atoms with van der Waals surface area (Å²) in [6, 6.07) is 6.10. The lowest BCUT2D eigenvalue weighted by Crippen LogP contribution is -2.35. The predicted molar refractivity (Wildman–Crippen MR) is 72.8 cm³/mol. The number of para-hydroxylation sites is 1. The molecule has 1 aliphatic rings. The van der Waals surface area contributed by atoms with Crippen LogP contribution in [-0.4, -0.2) is 24.6 Å². The van der Waals surface area contributed by atoms with Crippen molar-refractivity contribution in [2.45, 2.75) is 38.6 Å². The third kappa shape index (κ3) is 4.61. The fourth-order valence-corrected chi connectivity index (χ4v) is 2.85. The van der Waals surface area contributed by atoms with Gasteiger partial charge in [-0.25, -0.2) is 0 Å². The number of nitrogens with one attached hydrogen (secondary N) is 1. The van der Waals surface area contributed by atoms with E-state index >= 15 is 0 Å². The Bertz CT molecular complexity index is 456. The van der Waals surface area contributed by atoms with E-state index in [1.807, 2.05) is 0 Å². The highest BCUT2D eigenvalue weighted by Crippen LogP contribution is 2.37. The van der Waals surface area contributed by atoms with Crippen molar-refractivity contribution in [3.05, 3.63) is 29.8 Å². The molecule has 3 nitrogen and oxygen atoms in total. The number of benzene rings is 1. The standard InChI is InChI=1S/C15H20F3NO2/c16-15(17,18)21-13-6-2-1-5-12(13)9-19-10-14(11-20)7-3-4-8-14/h1-2,5-6,19-20H,3-4,7-11H2. The van der Waals surface area contributed by atoms with Crippen molar-refractivity contribution in [1.29, 1.82) is 0 Å². The van der Waals surface area contributed by atoms with Crippen LogP contribution in [0.1, 0.15) is 31.2 Å². The largest absolute Gasteiger partial charge is 0.573 e. The third-order valence-corrected chi connectivity index (χ3v) is 4.01. The molecule has 1 aliphatic carbocycles. The van der Waals surface area contributed by atoms with Crippen LogP contribution in [0.5, 0.6) is 5.75 Å². The van der Waals surface area contributed by atoms with E-state index in [2.05, 4.69) is 10.1 Å². The number of alkyl halides is 3. The third-order valence-electron chi connectivity index (χ3n) is 4.01. The van der Waals surface area contributed by atoms with Gasteiger partial charge in [-0.15, -0.1) is 13.2 Å². The van der Waals surface area contributed by atoms with E-state index in [1.165, 1.54) is 12.1 Å². The summed E-state index contributed by atoms with van der Waals surface area (Å²) in [7, 11) is 0. The van der Waals surface area contributed by atoms with Crippen LogP contribution in [-0.2, 0) is 6.54 Å². The van der Waals surface area contributed by atoms with Gasteiger partial charge in [-0.2, -0.15) is 0 Å². The number of halogens is 3. The first-order valence-corrected chi connectivity index (χ1v) is 7.09. The van der Waals surface area contributed by atoms with Crippen molar-refractivity contribution in [2.24, 2.45) is 5.41 Å². The summed E-state index contributed by atoms with van der Waals surface area (Å²) in [6.07, 6.45) is -0.589. The minimum atomic E-state index is -4.69. The minimum Gasteiger partial charge on any atom is -0.405 e. The van der Waals surface area contributed by atoms with Gasteiger partial charge in [0.15, 0.2) is 0 Å². The first-order chi connectivity index (χ1) is 9.94. The zero-order valence-corrected chi connectivity index (χ0v) is 11.7. The molecule has 0 saturated heterocycles. The van der Waals surface area contributed by atoms with E-state index in [0.29, 0.717) is 12.1 Å². The quantitative estimate of drug-likeness (QED) is 0.848. The van der Waals surface area contributed by atoms with Crippen LogP contribution in [0.15, 0.2) is 24.3 Å². The van der Waals surface area contributed by atoms with Crippen LogP contribution in [0.3, 0.4) is 0 Å². The van der Waals surface area contributed by atoms with Gasteiger partial charge in [-0.3, -0.25) is 0 Å². The maximum absolute atomic E-state index is 12.3. The molecule has 6 heteroatoms. The van der Waals surface area contributed by atoms with Gasteiger partial charge in [0, 0.05) is 30.7 Å². The van der Waals surface area contributed by atoms with Gasteiger partial charge in [-0.1, -0.05) is 31.0 Å². The summed E-state index contributed by atoms with van der Waals surface area (Å²) in [5, 5.41) is 12.7. The van der Waals surface area contributed by atoms with E-state index in [9.17, 15) is 18.3 Å². The van der Waals surface area contributed by atoms with Crippen molar-refractivity contribution in [3.8, 4) is 5.75 Å². The van der Waals surface area contributed by atoms with Gasteiger partial charge >= 0.3 is 6.36 Å². The SMILES string of the molecule is OCC1(CNCc2ccccc2OC(F)(F)F)CCCC1. The van der Waals surface area contributed by atoms with Crippen LogP contribution in [0.25, 0.3) is 0 Å². The Kier molecular flexibility index (Phi) is 5.11. The lowest BCUT2D eigenvalue weighted by Gasteiger charge is -2.27. The first-order valence-electron chi connectivity index (χ1n) is 7.09. The molecule has 2 rings (SSSR count). The number of hydrogen-bond acceptors (Lipinski definition) is 3. The topological polar surface area (TPSA) is 41.5 Å². The van der Waals surface area contributed by atoms with E-state index in [1.54, 1.807) is 12.1 Å². The average molecular weight is 303 g/mol. The lowest BCUT2D eigenvalue weighted by atomic mass is 9.87. The van der Waals surface area contributed by atoms with Gasteiger partial charge in [0.2, 0.25) is 0 Å². The molecule has 0 aliphatic heterocycles. The normalized spacial score (nSPS) is 17.9. The second-order valence-corrected chi connectivity index (χ2v) is 5.62. The second-order valence-electron chi connectivity index (χ2n) is 5.62. The Labute approximate surface area is 122 Å². The van der Waals surface area contributed by atoms with Crippen molar-refractivity contribution >= 4 is 0 Å². The van der Waals surface area contributed by atoms with E-state index in [4.69, 9.17) is 0 Å². The van der Waals surface area contributed by atoms with Crippen molar-refractivity contribution in [2.75, 3.05) is 13.2 Å². The maximum Gasteiger partial charge on any atom is 0.573 e. The first kappa shape index (κ1) is 16.1. The molecule has 1 aromatic rings. The van der Waals surface area contributed by atoms with E-state index in [0.717, 1.165) is 25.7 Å². The molecule has 1 fully saturated rings. The highest BCUT2D eigenvalue weighted by Gasteiger charge is 2.33. The van der Waals surface area contributed by atoms with Crippen LogP contribution < -0.4 is 10.1 Å². The average Bonchev–Trinajstić information content (AvgIpc) is 2.88. The van der Waals surface area contributed by atoms with Gasteiger partial charge in [0.1, 0.15) is 5.75 Å². The minimum absolute atomic E-state index is 0.112. The summed E-state index contributed by atoms with van der Waals surface area (Å²) >= 11 is 0. The van der Waals surface area contributed by atoms with Crippen LogP contribution in [0.4, 0.5) is 13.2 Å². The molecule has 1 aromatic carbocycles. The monoisotopic (exact) mass is 303 g/mol. The summed E-state index contributed by atoms with van der Waals surface area (Å²) in [5.74, 6) is -0.179. The van der Waals surface area contributed by atoms with Crippen LogP contribution in [0.2, 0.25) is 0 Å². The van der Waals surface area contributed by atoms with Gasteiger partial charge in [-0.05, 0) is 18.9 Å². The number of aliphatic hydroxyl groups is 1. The predicted octanol–water partition coefficient (Wildman–Crippen LogP) is 3.23. The fraction of sp³-hybridized carbons (Fsp3) is 0.600. The summed E-state index contributed by atoms with van der Waals surface area (Å²) in [4.78, 5) is 0. The zero-order valence-electron chi connectivity index (χ0n) is 11.7. The summed E-state index contributed by atoms with van der Waals surface area (Å²) in [5.41, 5.74) is 0.334. The molecule has 0 atom stereocenters. The zero-order chi connectivity index (χ0) is 15.3. The van der Waals surface area contributed by atoms with Gasteiger partial charge < -0.3 is 15.2 Å². The summed E-state index contributed by atoms with van der Waals surface area (Å²) < 4.78 is 41.0. The lowest BCUT2D eigenvalue weighted by molar-refractivity contribution is -0.274. The number of ether oxygens (including phenoxy) is 1. The number of hydrogen-bond donors (Lipinski definition) is 2. The van der Waals surface area contributed by atoms with Crippen molar-refractivity contribution in [1.82, 2.24) is 5.32 Å². The van der Waals surface area contributed by atoms with Gasteiger partial charge in [0.05, 0.1) is 0 Å². The van der Waals surface area contributed by atoms with Crippen LogP contribution in [0, 0.1) is 5.41 Å². The van der Waals surface area contributed by atoms with Crippen molar-refractivity contribution in [3.63, 3.8) is 0 Å². The molecular formula is C15H20F3NO2. The highest BCUT2D eigenvalue weighted by atomic mass is 19.4. The molecule has 0 heterocycles. The Balaban J connectivity index is 1.94. The molecule has 0 spiro atoms. The molecule has 21 heavy (non-hydrogen) atoms. The Morgan fingerprint density at radius 3 is 2.48 bits per heavy atom. The maximum atomic E-state index is 12.3. The smallest absolute Gasteiger partial charge is 0.405 e. The fourth-order valence-electron chi connectivity index (χ4n) is 2.85. The van der Waals surface area contributed by atoms with Crippen LogP contribution >= 0.6 is 0 Å². The number of rotatable bonds is 6. The molecule has 118 valence electrons. The van der Waals surface area contributed by atoms with Gasteiger partial charge in [0.25, 0.3) is 0 Å². The Morgan fingerprint density at radius 2 is 1.86 bits per heavy atom. The second kappa shape index (κ2) is 6.66. The molecule has 0 amide bonds. The highest BCUT2D eigenvalue weighted by molar-refractivity contribution is 5.33. The Hall–Kier alpha value is -1.27. The molecular weight excluding hydrogens is 283 g/mol. The molecule has 2 N–H and O–H groups in total. The van der Waals surface area contributed by atoms with E-state index < -0.39 is 6.36 Å². The summed E-state index contributed by atoms with van der Waals surface area (Å²) in [6.45, 7) is 0.999. The van der Waals surface area contributed by atoms with E-state index in [-0.39, 0.29) is 24.3 Å². The molecule has 0 bridgehead atoms. The molecule has 0 radical (unpaired) electrons. The number of aliphatic hydroxyl groups excluding tert-OH is 1. The Morgan fingerprint density at radius 1 is 1.19 bits per heavy atom. The molecule has 0 unspecified atom stereocenters. The molecule has 1 saturated carbocycles.